The minimum absolute atomic E-state index is 0.504. The summed E-state index contributed by atoms with van der Waals surface area (Å²) in [5.41, 5.74) is 5.61. The van der Waals surface area contributed by atoms with E-state index in [1.807, 2.05) is 16.9 Å². The molecule has 0 bridgehead atoms. The molecule has 2 fully saturated rings. The smallest absolute Gasteiger partial charge is 0.0776 e. The first-order valence-corrected chi connectivity index (χ1v) is 9.86. The van der Waals surface area contributed by atoms with Crippen molar-refractivity contribution in [2.45, 2.75) is 18.8 Å². The molecule has 6 heteroatoms. The molecule has 5 heterocycles. The highest BCUT2D eigenvalue weighted by molar-refractivity contribution is 5.80. The second-order valence-corrected chi connectivity index (χ2v) is 7.36. The Labute approximate surface area is 159 Å². The van der Waals surface area contributed by atoms with Crippen molar-refractivity contribution in [3.8, 4) is 11.3 Å². The van der Waals surface area contributed by atoms with Crippen LogP contribution in [0.4, 0.5) is 5.69 Å². The van der Waals surface area contributed by atoms with E-state index in [2.05, 4.69) is 45.6 Å². The van der Waals surface area contributed by atoms with Crippen LogP contribution in [0.3, 0.4) is 0 Å². The molecule has 0 aromatic carbocycles. The van der Waals surface area contributed by atoms with E-state index in [1.54, 1.807) is 0 Å². The van der Waals surface area contributed by atoms with Crippen LogP contribution in [0.15, 0.2) is 42.7 Å². The van der Waals surface area contributed by atoms with Crippen molar-refractivity contribution >= 4 is 11.2 Å². The molecule has 3 aromatic heterocycles. The number of fused-ring (bicyclic) bond motifs is 1. The standard InChI is InChI=1S/C21H25N5O/c1-4-19(16-3-2-7-22-14-16)24-20(5-1)18-15-23-26-8-6-17(13-21(18)26)25-9-11-27-12-10-25/h1,4-6,8,13,15-16,22H,2-3,7,9-12,14H2. The van der Waals surface area contributed by atoms with Gasteiger partial charge in [0.05, 0.1) is 30.6 Å². The topological polar surface area (TPSA) is 54.7 Å². The molecule has 3 aromatic rings. The Morgan fingerprint density at radius 1 is 1.15 bits per heavy atom. The predicted octanol–water partition coefficient (Wildman–Crippen LogP) is 2.70. The number of piperidine rings is 1. The van der Waals surface area contributed by atoms with Gasteiger partial charge in [0.15, 0.2) is 0 Å². The molecule has 1 N–H and O–H groups in total. The van der Waals surface area contributed by atoms with E-state index in [9.17, 15) is 0 Å². The Hall–Kier alpha value is -2.44. The largest absolute Gasteiger partial charge is 0.378 e. The zero-order chi connectivity index (χ0) is 18.1. The van der Waals surface area contributed by atoms with E-state index < -0.39 is 0 Å². The van der Waals surface area contributed by atoms with Crippen molar-refractivity contribution in [1.29, 1.82) is 0 Å². The number of pyridine rings is 2. The van der Waals surface area contributed by atoms with Crippen LogP contribution >= 0.6 is 0 Å². The van der Waals surface area contributed by atoms with Crippen LogP contribution in [0.2, 0.25) is 0 Å². The van der Waals surface area contributed by atoms with E-state index in [0.29, 0.717) is 5.92 Å². The van der Waals surface area contributed by atoms with E-state index in [0.717, 1.165) is 56.2 Å². The Balaban J connectivity index is 1.50. The molecule has 140 valence electrons. The highest BCUT2D eigenvalue weighted by Crippen LogP contribution is 2.29. The lowest BCUT2D eigenvalue weighted by Gasteiger charge is -2.28. The number of aromatic nitrogens is 3. The van der Waals surface area contributed by atoms with Crippen LogP contribution in [0.5, 0.6) is 0 Å². The van der Waals surface area contributed by atoms with Crippen LogP contribution in [0.1, 0.15) is 24.5 Å². The molecule has 5 rings (SSSR count). The molecular formula is C21H25N5O. The molecule has 0 radical (unpaired) electrons. The van der Waals surface area contributed by atoms with Crippen LogP contribution < -0.4 is 10.2 Å². The summed E-state index contributed by atoms with van der Waals surface area (Å²) in [7, 11) is 0. The monoisotopic (exact) mass is 363 g/mol. The van der Waals surface area contributed by atoms with E-state index in [1.165, 1.54) is 24.2 Å². The summed E-state index contributed by atoms with van der Waals surface area (Å²) < 4.78 is 7.42. The average Bonchev–Trinajstić information content (AvgIpc) is 3.18. The average molecular weight is 363 g/mol. The SMILES string of the molecule is c1cc(-c2cnn3ccc(N4CCOCC4)cc23)nc(C2CCCNC2)c1. The molecule has 2 saturated heterocycles. The zero-order valence-electron chi connectivity index (χ0n) is 15.5. The number of ether oxygens (including phenoxy) is 1. The Morgan fingerprint density at radius 2 is 2.07 bits per heavy atom. The van der Waals surface area contributed by atoms with E-state index in [-0.39, 0.29) is 0 Å². The third-order valence-electron chi connectivity index (χ3n) is 5.64. The number of rotatable bonds is 3. The van der Waals surface area contributed by atoms with Crippen molar-refractivity contribution < 1.29 is 4.74 Å². The van der Waals surface area contributed by atoms with E-state index >= 15 is 0 Å². The number of anilines is 1. The van der Waals surface area contributed by atoms with Crippen LogP contribution in [-0.2, 0) is 4.74 Å². The first-order valence-electron chi connectivity index (χ1n) is 9.86. The molecule has 0 saturated carbocycles. The maximum Gasteiger partial charge on any atom is 0.0776 e. The molecule has 0 amide bonds. The maximum atomic E-state index is 5.48. The third kappa shape index (κ3) is 3.31. The van der Waals surface area contributed by atoms with Crippen LogP contribution in [-0.4, -0.2) is 54.0 Å². The lowest BCUT2D eigenvalue weighted by Crippen LogP contribution is -2.36. The summed E-state index contributed by atoms with van der Waals surface area (Å²) in [5.74, 6) is 0.504. The highest BCUT2D eigenvalue weighted by atomic mass is 16.5. The minimum atomic E-state index is 0.504. The molecule has 0 spiro atoms. The number of nitrogens with one attached hydrogen (secondary N) is 1. The molecule has 1 unspecified atom stereocenters. The Bertz CT molecular complexity index is 925. The Kier molecular flexibility index (Phi) is 4.51. The van der Waals surface area contributed by atoms with Gasteiger partial charge in [-0.05, 0) is 43.7 Å². The van der Waals surface area contributed by atoms with Gasteiger partial charge in [-0.2, -0.15) is 5.10 Å². The maximum absolute atomic E-state index is 5.48. The lowest BCUT2D eigenvalue weighted by molar-refractivity contribution is 0.122. The van der Waals surface area contributed by atoms with Gasteiger partial charge < -0.3 is 15.0 Å². The van der Waals surface area contributed by atoms with Gasteiger partial charge in [-0.1, -0.05) is 6.07 Å². The normalized spacial score (nSPS) is 20.9. The summed E-state index contributed by atoms with van der Waals surface area (Å²) in [6.45, 7) is 5.58. The second kappa shape index (κ2) is 7.29. The van der Waals surface area contributed by atoms with Gasteiger partial charge in [0.2, 0.25) is 0 Å². The highest BCUT2D eigenvalue weighted by Gasteiger charge is 2.18. The molecule has 6 nitrogen and oxygen atoms in total. The zero-order valence-corrected chi connectivity index (χ0v) is 15.5. The van der Waals surface area contributed by atoms with E-state index in [4.69, 9.17) is 9.72 Å². The molecular weight excluding hydrogens is 338 g/mol. The van der Waals surface area contributed by atoms with Gasteiger partial charge in [-0.15, -0.1) is 0 Å². The second-order valence-electron chi connectivity index (χ2n) is 7.36. The summed E-state index contributed by atoms with van der Waals surface area (Å²) >= 11 is 0. The fraction of sp³-hybridized carbons (Fsp3) is 0.429. The van der Waals surface area contributed by atoms with Gasteiger partial charge in [0, 0.05) is 48.7 Å². The van der Waals surface area contributed by atoms with Crippen LogP contribution in [0, 0.1) is 0 Å². The van der Waals surface area contributed by atoms with Crippen LogP contribution in [0.25, 0.3) is 16.8 Å². The number of nitrogens with zero attached hydrogens (tertiary/aromatic N) is 4. The van der Waals surface area contributed by atoms with Gasteiger partial charge in [0.1, 0.15) is 0 Å². The summed E-state index contributed by atoms with van der Waals surface area (Å²) in [6.07, 6.45) is 6.40. The molecule has 0 aliphatic carbocycles. The quantitative estimate of drug-likeness (QED) is 0.775. The number of morpholine rings is 1. The molecule has 27 heavy (non-hydrogen) atoms. The molecule has 1 atom stereocenters. The fourth-order valence-corrected chi connectivity index (χ4v) is 4.12. The third-order valence-corrected chi connectivity index (χ3v) is 5.64. The number of hydrogen-bond acceptors (Lipinski definition) is 5. The predicted molar refractivity (Wildman–Crippen MR) is 106 cm³/mol. The van der Waals surface area contributed by atoms with Gasteiger partial charge >= 0.3 is 0 Å². The fourth-order valence-electron chi connectivity index (χ4n) is 4.12. The summed E-state index contributed by atoms with van der Waals surface area (Å²) in [4.78, 5) is 7.38. The minimum Gasteiger partial charge on any atom is -0.378 e. The lowest BCUT2D eigenvalue weighted by atomic mass is 9.95. The molecule has 2 aliphatic rings. The first kappa shape index (κ1) is 16.7. The number of hydrogen-bond donors (Lipinski definition) is 1. The van der Waals surface area contributed by atoms with Crippen molar-refractivity contribution in [2.75, 3.05) is 44.3 Å². The van der Waals surface area contributed by atoms with Crippen molar-refractivity contribution in [3.05, 3.63) is 48.4 Å². The van der Waals surface area contributed by atoms with Gasteiger partial charge in [0.25, 0.3) is 0 Å². The van der Waals surface area contributed by atoms with Gasteiger partial charge in [-0.25, -0.2) is 4.52 Å². The van der Waals surface area contributed by atoms with Crippen molar-refractivity contribution in [2.24, 2.45) is 0 Å². The molecule has 2 aliphatic heterocycles. The van der Waals surface area contributed by atoms with Gasteiger partial charge in [-0.3, -0.25) is 4.98 Å². The van der Waals surface area contributed by atoms with Crippen molar-refractivity contribution in [1.82, 2.24) is 19.9 Å². The summed E-state index contributed by atoms with van der Waals surface area (Å²) in [5, 5.41) is 8.03. The Morgan fingerprint density at radius 3 is 2.93 bits per heavy atom. The first-order chi connectivity index (χ1) is 13.4. The van der Waals surface area contributed by atoms with Crippen molar-refractivity contribution in [3.63, 3.8) is 0 Å². The summed E-state index contributed by atoms with van der Waals surface area (Å²) in [6, 6.07) is 10.7.